The highest BCUT2D eigenvalue weighted by atomic mass is 79.9. The van der Waals surface area contributed by atoms with Gasteiger partial charge in [0.25, 0.3) is 0 Å². The highest BCUT2D eigenvalue weighted by Gasteiger charge is 2.19. The molecule has 2 rings (SSSR count). The Morgan fingerprint density at radius 2 is 1.90 bits per heavy atom. The lowest BCUT2D eigenvalue weighted by Crippen LogP contribution is -2.08. The molecule has 0 bridgehead atoms. The second kappa shape index (κ2) is 6.07. The Morgan fingerprint density at radius 1 is 1.19 bits per heavy atom. The van der Waals surface area contributed by atoms with Gasteiger partial charge in [-0.2, -0.15) is 0 Å². The van der Waals surface area contributed by atoms with Crippen molar-refractivity contribution in [2.45, 2.75) is 17.6 Å². The Morgan fingerprint density at radius 3 is 2.48 bits per heavy atom. The van der Waals surface area contributed by atoms with E-state index in [4.69, 9.17) is 10.5 Å². The molecule has 0 saturated heterocycles. The van der Waals surface area contributed by atoms with Crippen LogP contribution >= 0.6 is 15.9 Å². The van der Waals surface area contributed by atoms with Gasteiger partial charge in [0.15, 0.2) is 9.84 Å². The number of aryl methyl sites for hydroxylation is 1. The fraction of sp³-hybridized carbons (Fsp3) is 0.200. The van der Waals surface area contributed by atoms with Crippen LogP contribution in [-0.4, -0.2) is 15.5 Å². The van der Waals surface area contributed by atoms with Gasteiger partial charge < -0.3 is 10.5 Å². The van der Waals surface area contributed by atoms with Crippen molar-refractivity contribution < 1.29 is 13.2 Å². The van der Waals surface area contributed by atoms with Crippen LogP contribution in [0, 0.1) is 6.92 Å². The Kier molecular flexibility index (Phi) is 4.58. The minimum atomic E-state index is -3.48. The third kappa shape index (κ3) is 3.57. The largest absolute Gasteiger partial charge is 0.496 e. The van der Waals surface area contributed by atoms with Crippen LogP contribution in [0.25, 0.3) is 0 Å². The average molecular weight is 370 g/mol. The van der Waals surface area contributed by atoms with E-state index in [9.17, 15) is 8.42 Å². The monoisotopic (exact) mass is 369 g/mol. The Balaban J connectivity index is 2.35. The van der Waals surface area contributed by atoms with Gasteiger partial charge in [-0.15, -0.1) is 0 Å². The molecule has 0 aliphatic carbocycles. The number of nitrogen functional groups attached to an aromatic ring is 1. The van der Waals surface area contributed by atoms with Crippen molar-refractivity contribution in [3.8, 4) is 5.75 Å². The molecule has 0 aliphatic heterocycles. The predicted molar refractivity (Wildman–Crippen MR) is 87.2 cm³/mol. The van der Waals surface area contributed by atoms with E-state index in [0.717, 1.165) is 10.0 Å². The molecule has 0 aromatic heterocycles. The zero-order chi connectivity index (χ0) is 15.6. The van der Waals surface area contributed by atoms with Crippen LogP contribution < -0.4 is 10.5 Å². The van der Waals surface area contributed by atoms with Gasteiger partial charge in [0, 0.05) is 0 Å². The maximum Gasteiger partial charge on any atom is 0.184 e. The molecule has 2 aromatic rings. The number of rotatable bonds is 4. The molecule has 0 aliphatic rings. The normalized spacial score (nSPS) is 11.4. The molecule has 0 saturated carbocycles. The van der Waals surface area contributed by atoms with Gasteiger partial charge in [0.2, 0.25) is 0 Å². The summed E-state index contributed by atoms with van der Waals surface area (Å²) in [6, 6.07) is 10.2. The summed E-state index contributed by atoms with van der Waals surface area (Å²) in [5.41, 5.74) is 7.71. The predicted octanol–water partition coefficient (Wildman–Crippen LogP) is 3.32. The molecule has 0 unspecified atom stereocenters. The van der Waals surface area contributed by atoms with Crippen LogP contribution in [0.2, 0.25) is 0 Å². The van der Waals surface area contributed by atoms with Crippen LogP contribution in [0.1, 0.15) is 11.1 Å². The molecular weight excluding hydrogens is 354 g/mol. The summed E-state index contributed by atoms with van der Waals surface area (Å²) in [6.45, 7) is 1.87. The van der Waals surface area contributed by atoms with E-state index in [-0.39, 0.29) is 16.3 Å². The number of benzene rings is 2. The van der Waals surface area contributed by atoms with Crippen molar-refractivity contribution in [1.82, 2.24) is 0 Å². The van der Waals surface area contributed by atoms with E-state index >= 15 is 0 Å². The topological polar surface area (TPSA) is 69.4 Å². The Hall–Kier alpha value is -1.53. The molecule has 2 aromatic carbocycles. The number of hydrogen-bond donors (Lipinski definition) is 1. The van der Waals surface area contributed by atoms with Crippen LogP contribution in [0.15, 0.2) is 45.8 Å². The van der Waals surface area contributed by atoms with Crippen LogP contribution in [-0.2, 0) is 15.6 Å². The number of methoxy groups -OCH3 is 1. The fourth-order valence-electron chi connectivity index (χ4n) is 2.05. The smallest absolute Gasteiger partial charge is 0.184 e. The molecule has 0 amide bonds. The third-order valence-corrected chi connectivity index (χ3v) is 5.45. The first kappa shape index (κ1) is 15.9. The molecule has 0 fully saturated rings. The molecule has 6 heteroatoms. The minimum Gasteiger partial charge on any atom is -0.496 e. The second-order valence-corrected chi connectivity index (χ2v) is 7.58. The van der Waals surface area contributed by atoms with Gasteiger partial charge in [-0.1, -0.05) is 12.1 Å². The number of ether oxygens (including phenoxy) is 1. The number of anilines is 1. The van der Waals surface area contributed by atoms with Gasteiger partial charge in [0.1, 0.15) is 5.75 Å². The molecule has 21 heavy (non-hydrogen) atoms. The lowest BCUT2D eigenvalue weighted by molar-refractivity contribution is 0.412. The van der Waals surface area contributed by atoms with Gasteiger partial charge in [0.05, 0.1) is 27.9 Å². The Labute approximate surface area is 133 Å². The zero-order valence-corrected chi connectivity index (χ0v) is 14.2. The number of nitrogens with two attached hydrogens (primary N) is 1. The maximum atomic E-state index is 12.5. The van der Waals surface area contributed by atoms with Crippen molar-refractivity contribution >= 4 is 31.5 Å². The Bertz CT molecular complexity index is 772. The van der Waals surface area contributed by atoms with Gasteiger partial charge in [-0.05, 0) is 58.2 Å². The summed E-state index contributed by atoms with van der Waals surface area (Å²) in [7, 11) is -1.92. The van der Waals surface area contributed by atoms with E-state index in [1.165, 1.54) is 0 Å². The van der Waals surface area contributed by atoms with E-state index in [2.05, 4.69) is 15.9 Å². The fourth-order valence-corrected chi connectivity index (χ4v) is 4.10. The highest BCUT2D eigenvalue weighted by molar-refractivity contribution is 9.10. The summed E-state index contributed by atoms with van der Waals surface area (Å²) in [4.78, 5) is 0.167. The first-order valence-electron chi connectivity index (χ1n) is 6.25. The summed E-state index contributed by atoms with van der Waals surface area (Å²) >= 11 is 3.35. The van der Waals surface area contributed by atoms with Crippen molar-refractivity contribution in [2.24, 2.45) is 0 Å². The van der Waals surface area contributed by atoms with Crippen molar-refractivity contribution in [1.29, 1.82) is 0 Å². The lowest BCUT2D eigenvalue weighted by atomic mass is 10.2. The molecule has 0 heterocycles. The van der Waals surface area contributed by atoms with E-state index in [0.29, 0.717) is 11.3 Å². The van der Waals surface area contributed by atoms with Crippen LogP contribution in [0.5, 0.6) is 5.75 Å². The van der Waals surface area contributed by atoms with Gasteiger partial charge in [-0.3, -0.25) is 0 Å². The molecule has 0 radical (unpaired) electrons. The quantitative estimate of drug-likeness (QED) is 0.839. The molecule has 112 valence electrons. The first-order valence-corrected chi connectivity index (χ1v) is 8.69. The molecule has 0 atom stereocenters. The van der Waals surface area contributed by atoms with Gasteiger partial charge in [-0.25, -0.2) is 8.42 Å². The van der Waals surface area contributed by atoms with Gasteiger partial charge >= 0.3 is 0 Å². The highest BCUT2D eigenvalue weighted by Crippen LogP contribution is 2.28. The molecule has 4 nitrogen and oxygen atoms in total. The number of hydrogen-bond acceptors (Lipinski definition) is 4. The average Bonchev–Trinajstić information content (AvgIpc) is 2.37. The summed E-state index contributed by atoms with van der Waals surface area (Å²) < 4.78 is 30.8. The molecule has 2 N–H and O–H groups in total. The van der Waals surface area contributed by atoms with E-state index in [1.54, 1.807) is 43.5 Å². The van der Waals surface area contributed by atoms with Crippen LogP contribution in [0.4, 0.5) is 5.69 Å². The standard InChI is InChI=1S/C15H16BrNO3S/c1-10-3-6-15(13(17)7-10)21(18,19)9-11-4-5-14(20-2)12(16)8-11/h3-8H,9,17H2,1-2H3. The third-order valence-electron chi connectivity index (χ3n) is 3.07. The summed E-state index contributed by atoms with van der Waals surface area (Å²) in [6.07, 6.45) is 0. The van der Waals surface area contributed by atoms with Crippen molar-refractivity contribution in [3.63, 3.8) is 0 Å². The summed E-state index contributed by atoms with van der Waals surface area (Å²) in [5.74, 6) is 0.550. The SMILES string of the molecule is COc1ccc(CS(=O)(=O)c2ccc(C)cc2N)cc1Br. The number of halogens is 1. The van der Waals surface area contributed by atoms with E-state index in [1.807, 2.05) is 6.92 Å². The first-order chi connectivity index (χ1) is 9.83. The minimum absolute atomic E-state index is 0.108. The number of sulfone groups is 1. The molecular formula is C15H16BrNO3S. The van der Waals surface area contributed by atoms with Crippen molar-refractivity contribution in [3.05, 3.63) is 52.0 Å². The summed E-state index contributed by atoms with van der Waals surface area (Å²) in [5, 5.41) is 0. The van der Waals surface area contributed by atoms with E-state index < -0.39 is 9.84 Å². The van der Waals surface area contributed by atoms with Crippen LogP contribution in [0.3, 0.4) is 0 Å². The molecule has 0 spiro atoms. The van der Waals surface area contributed by atoms with Crippen molar-refractivity contribution in [2.75, 3.05) is 12.8 Å². The zero-order valence-electron chi connectivity index (χ0n) is 11.8. The second-order valence-electron chi connectivity index (χ2n) is 4.77. The maximum absolute atomic E-state index is 12.5. The lowest BCUT2D eigenvalue weighted by Gasteiger charge is -2.10.